The van der Waals surface area contributed by atoms with E-state index >= 15 is 0 Å². The maximum absolute atomic E-state index is 13.9. The number of morpholine rings is 1. The molecule has 10 nitrogen and oxygen atoms in total. The number of nitriles is 1. The number of hydrogen-bond donors (Lipinski definition) is 0. The second-order valence-electron chi connectivity index (χ2n) is 8.51. The fourth-order valence-corrected chi connectivity index (χ4v) is 4.63. The third kappa shape index (κ3) is 4.25. The molecule has 2 aliphatic heterocycles. The number of piperazine rings is 1. The number of carbonyl (C=O) groups excluding carboxylic acids is 1. The number of nitrogens with zero attached hydrogens (tertiary/aromatic N) is 8. The van der Waals surface area contributed by atoms with Gasteiger partial charge in [0.1, 0.15) is 18.2 Å². The molecule has 2 atom stereocenters. The minimum Gasteiger partial charge on any atom is -0.370 e. The van der Waals surface area contributed by atoms with Gasteiger partial charge < -0.3 is 9.64 Å². The second-order valence-corrected chi connectivity index (χ2v) is 8.51. The molecule has 0 aliphatic carbocycles. The van der Waals surface area contributed by atoms with Crippen LogP contribution in [-0.4, -0.2) is 79.7 Å². The van der Waals surface area contributed by atoms with Gasteiger partial charge in [0.05, 0.1) is 30.7 Å². The summed E-state index contributed by atoms with van der Waals surface area (Å²) in [6.07, 6.45) is 3.13. The van der Waals surface area contributed by atoms with Crippen molar-refractivity contribution in [3.8, 4) is 11.9 Å². The van der Waals surface area contributed by atoms with Crippen LogP contribution in [0.5, 0.6) is 0 Å². The predicted molar refractivity (Wildman–Crippen MR) is 117 cm³/mol. The molecule has 0 unspecified atom stereocenters. The number of ether oxygens (including phenoxy) is 1. The Kier molecular flexibility index (Phi) is 6.00. The van der Waals surface area contributed by atoms with Gasteiger partial charge in [-0.1, -0.05) is 6.07 Å². The molecule has 0 radical (unpaired) electrons. The number of pyridine rings is 1. The lowest BCUT2D eigenvalue weighted by atomic mass is 9.96. The van der Waals surface area contributed by atoms with Gasteiger partial charge in [-0.15, -0.1) is 5.10 Å². The Bertz CT molecular complexity index is 1240. The first-order chi connectivity index (χ1) is 16.5. The van der Waals surface area contributed by atoms with Crippen LogP contribution in [0.15, 0.2) is 36.8 Å². The Morgan fingerprint density at radius 3 is 2.97 bits per heavy atom. The van der Waals surface area contributed by atoms with Gasteiger partial charge in [-0.3, -0.25) is 9.69 Å². The van der Waals surface area contributed by atoms with Gasteiger partial charge in [0.25, 0.3) is 0 Å². The minimum absolute atomic E-state index is 0.0451. The van der Waals surface area contributed by atoms with Gasteiger partial charge in [-0.25, -0.2) is 9.37 Å². The summed E-state index contributed by atoms with van der Waals surface area (Å²) in [6.45, 7) is 4.80. The van der Waals surface area contributed by atoms with Crippen molar-refractivity contribution in [2.75, 3.05) is 32.8 Å². The summed E-state index contributed by atoms with van der Waals surface area (Å²) >= 11 is 0. The van der Waals surface area contributed by atoms with Crippen LogP contribution in [0, 0.1) is 24.1 Å². The van der Waals surface area contributed by atoms with Crippen LogP contribution in [0.1, 0.15) is 28.4 Å². The predicted octanol–water partition coefficient (Wildman–Crippen LogP) is 1.20. The lowest BCUT2D eigenvalue weighted by molar-refractivity contribution is -0.139. The molecule has 1 amide bonds. The highest BCUT2D eigenvalue weighted by Gasteiger charge is 2.36. The highest BCUT2D eigenvalue weighted by Crippen LogP contribution is 2.31. The van der Waals surface area contributed by atoms with Gasteiger partial charge in [0.15, 0.2) is 5.82 Å². The first-order valence-electron chi connectivity index (χ1n) is 11.0. The van der Waals surface area contributed by atoms with E-state index in [1.165, 1.54) is 17.1 Å². The van der Waals surface area contributed by atoms with Crippen molar-refractivity contribution in [2.45, 2.75) is 25.5 Å². The molecule has 0 saturated carbocycles. The van der Waals surface area contributed by atoms with Crippen molar-refractivity contribution in [2.24, 2.45) is 0 Å². The van der Waals surface area contributed by atoms with E-state index in [1.54, 1.807) is 25.3 Å². The van der Waals surface area contributed by atoms with Gasteiger partial charge in [-0.05, 0) is 52.2 Å². The topological polar surface area (TPSA) is 113 Å². The van der Waals surface area contributed by atoms with E-state index in [0.29, 0.717) is 37.6 Å². The van der Waals surface area contributed by atoms with E-state index in [4.69, 9.17) is 4.74 Å². The number of fused-ring (bicyclic) bond motifs is 1. The normalized spacial score (nSPS) is 20.6. The largest absolute Gasteiger partial charge is 0.370 e. The zero-order chi connectivity index (χ0) is 23.7. The van der Waals surface area contributed by atoms with Gasteiger partial charge >= 0.3 is 0 Å². The summed E-state index contributed by atoms with van der Waals surface area (Å²) in [5, 5.41) is 20.3. The minimum atomic E-state index is -0.510. The molecule has 0 spiro atoms. The lowest BCUT2D eigenvalue weighted by Gasteiger charge is -2.46. The molecule has 2 aliphatic rings. The molecule has 174 valence electrons. The Hall–Kier alpha value is -3.75. The Balaban J connectivity index is 1.22. The van der Waals surface area contributed by atoms with Gasteiger partial charge in [-0.2, -0.15) is 9.94 Å². The van der Waals surface area contributed by atoms with E-state index in [1.807, 2.05) is 17.0 Å². The molecule has 34 heavy (non-hydrogen) atoms. The van der Waals surface area contributed by atoms with Gasteiger partial charge in [0.2, 0.25) is 5.91 Å². The number of amides is 1. The SMILES string of the molecule is Cc1c([C@@H]2CN3CCN(C(=O)Cc4ccnc(-n5cnnn5)c4)C[C@H]3CO2)ccc(F)c1C#N. The number of hydrogen-bond acceptors (Lipinski definition) is 8. The fourth-order valence-electron chi connectivity index (χ4n) is 4.63. The van der Waals surface area contributed by atoms with Crippen LogP contribution < -0.4 is 0 Å². The number of rotatable bonds is 4. The van der Waals surface area contributed by atoms with Crippen molar-refractivity contribution in [1.29, 1.82) is 5.26 Å². The molecule has 5 rings (SSSR count). The average Bonchev–Trinajstić information content (AvgIpc) is 3.39. The van der Waals surface area contributed by atoms with Crippen LogP contribution in [0.2, 0.25) is 0 Å². The van der Waals surface area contributed by atoms with E-state index in [9.17, 15) is 14.4 Å². The molecular formula is C23H23FN8O2. The average molecular weight is 462 g/mol. The fraction of sp³-hybridized carbons (Fsp3) is 0.391. The smallest absolute Gasteiger partial charge is 0.227 e. The van der Waals surface area contributed by atoms with Crippen molar-refractivity contribution in [1.82, 2.24) is 35.0 Å². The van der Waals surface area contributed by atoms with Crippen molar-refractivity contribution in [3.05, 3.63) is 64.9 Å². The molecule has 2 fully saturated rings. The molecule has 0 N–H and O–H groups in total. The summed E-state index contributed by atoms with van der Waals surface area (Å²) in [4.78, 5) is 21.4. The molecule has 2 aromatic heterocycles. The Morgan fingerprint density at radius 1 is 1.29 bits per heavy atom. The Morgan fingerprint density at radius 2 is 2.18 bits per heavy atom. The summed E-state index contributed by atoms with van der Waals surface area (Å²) < 4.78 is 21.5. The monoisotopic (exact) mass is 462 g/mol. The third-order valence-electron chi connectivity index (χ3n) is 6.51. The maximum atomic E-state index is 13.9. The second kappa shape index (κ2) is 9.24. The van der Waals surface area contributed by atoms with Crippen molar-refractivity contribution >= 4 is 5.91 Å². The highest BCUT2D eigenvalue weighted by molar-refractivity contribution is 5.79. The number of benzene rings is 1. The van der Waals surface area contributed by atoms with Crippen LogP contribution in [0.3, 0.4) is 0 Å². The van der Waals surface area contributed by atoms with Crippen LogP contribution >= 0.6 is 0 Å². The summed E-state index contributed by atoms with van der Waals surface area (Å²) in [6, 6.07) is 8.70. The summed E-state index contributed by atoms with van der Waals surface area (Å²) in [7, 11) is 0. The molecule has 2 saturated heterocycles. The van der Waals surface area contributed by atoms with Crippen LogP contribution in [0.25, 0.3) is 5.82 Å². The van der Waals surface area contributed by atoms with Crippen molar-refractivity contribution < 1.29 is 13.9 Å². The standard InChI is InChI=1S/C23H23FN8O2/c1-15-18(2-3-20(24)19(15)10-25)21-12-30-6-7-31(11-17(30)13-34-21)23(33)9-16-4-5-26-22(8-16)32-14-27-28-29-32/h2-5,8,14,17,21H,6-7,9,11-13H2,1H3/t17-,21-/m0/s1. The third-order valence-corrected chi connectivity index (χ3v) is 6.51. The van der Waals surface area contributed by atoms with Gasteiger partial charge in [0, 0.05) is 32.4 Å². The zero-order valence-electron chi connectivity index (χ0n) is 18.6. The highest BCUT2D eigenvalue weighted by atomic mass is 19.1. The zero-order valence-corrected chi connectivity index (χ0v) is 18.6. The van der Waals surface area contributed by atoms with E-state index in [2.05, 4.69) is 25.4 Å². The Labute approximate surface area is 195 Å². The van der Waals surface area contributed by atoms with E-state index in [0.717, 1.165) is 17.7 Å². The van der Waals surface area contributed by atoms with Crippen molar-refractivity contribution in [3.63, 3.8) is 0 Å². The molecular weight excluding hydrogens is 439 g/mol. The quantitative estimate of drug-likeness (QED) is 0.569. The first kappa shape index (κ1) is 22.1. The van der Waals surface area contributed by atoms with E-state index < -0.39 is 5.82 Å². The van der Waals surface area contributed by atoms with E-state index in [-0.39, 0.29) is 30.0 Å². The number of aromatic nitrogens is 5. The molecule has 1 aromatic carbocycles. The summed E-state index contributed by atoms with van der Waals surface area (Å²) in [5.41, 5.74) is 2.37. The summed E-state index contributed by atoms with van der Waals surface area (Å²) in [5.74, 6) is 0.0926. The molecule has 4 heterocycles. The number of halogens is 1. The lowest BCUT2D eigenvalue weighted by Crippen LogP contribution is -2.59. The first-order valence-corrected chi connectivity index (χ1v) is 11.0. The van der Waals surface area contributed by atoms with Crippen LogP contribution in [0.4, 0.5) is 4.39 Å². The molecule has 0 bridgehead atoms. The molecule has 11 heteroatoms. The molecule has 3 aromatic rings. The number of tetrazole rings is 1. The maximum Gasteiger partial charge on any atom is 0.227 e. The number of carbonyl (C=O) groups is 1. The van der Waals surface area contributed by atoms with Crippen LogP contribution in [-0.2, 0) is 16.0 Å².